The first-order valence-corrected chi connectivity index (χ1v) is 5.47. The summed E-state index contributed by atoms with van der Waals surface area (Å²) in [6.45, 7) is 0. The predicted molar refractivity (Wildman–Crippen MR) is 66.6 cm³/mol. The van der Waals surface area contributed by atoms with Gasteiger partial charge in [-0.15, -0.1) is 0 Å². The largest absolute Gasteiger partial charge is 0.383 e. The van der Waals surface area contributed by atoms with Crippen molar-refractivity contribution in [3.8, 4) is 0 Å². The van der Waals surface area contributed by atoms with Crippen LogP contribution in [0, 0.1) is 5.82 Å². The van der Waals surface area contributed by atoms with E-state index < -0.39 is 5.82 Å². The molecule has 94 valence electrons. The number of pyridine rings is 2. The number of hydrogen-bond donors (Lipinski definition) is 3. The maximum absolute atomic E-state index is 13.6. The molecule has 2 aromatic heterocycles. The Morgan fingerprint density at radius 3 is 2.83 bits per heavy atom. The molecule has 0 fully saturated rings. The molecule has 2 rings (SSSR count). The normalized spacial score (nSPS) is 12.3. The van der Waals surface area contributed by atoms with E-state index in [0.29, 0.717) is 17.8 Å². The lowest BCUT2D eigenvalue weighted by molar-refractivity contribution is 0.508. The van der Waals surface area contributed by atoms with Crippen LogP contribution in [0.25, 0.3) is 0 Å². The molecule has 0 spiro atoms. The summed E-state index contributed by atoms with van der Waals surface area (Å²) in [5.41, 5.74) is 9.61. The zero-order valence-electron chi connectivity index (χ0n) is 9.68. The summed E-state index contributed by atoms with van der Waals surface area (Å²) >= 11 is 0. The molecule has 0 aliphatic rings. The standard InChI is InChI=1S/C12H14FN5/c13-10-7-16-5-3-9(10)11(18-15)6-8-2-1-4-17-12(8)14/h1-5,7,11,18H,6,15H2,(H2,14,17). The highest BCUT2D eigenvalue weighted by molar-refractivity contribution is 5.39. The summed E-state index contributed by atoms with van der Waals surface area (Å²) in [7, 11) is 0. The van der Waals surface area contributed by atoms with E-state index in [0.717, 1.165) is 11.8 Å². The van der Waals surface area contributed by atoms with Gasteiger partial charge in [-0.05, 0) is 24.1 Å². The fourth-order valence-corrected chi connectivity index (χ4v) is 1.77. The van der Waals surface area contributed by atoms with Crippen LogP contribution in [0.2, 0.25) is 0 Å². The summed E-state index contributed by atoms with van der Waals surface area (Å²) < 4.78 is 13.6. The SMILES string of the molecule is NNC(Cc1cccnc1N)c1ccncc1F. The van der Waals surface area contributed by atoms with Gasteiger partial charge in [0.15, 0.2) is 0 Å². The Labute approximate surface area is 104 Å². The van der Waals surface area contributed by atoms with Gasteiger partial charge in [-0.1, -0.05) is 6.07 Å². The van der Waals surface area contributed by atoms with E-state index in [2.05, 4.69) is 15.4 Å². The number of aromatic nitrogens is 2. The molecule has 1 unspecified atom stereocenters. The molecule has 0 aliphatic heterocycles. The van der Waals surface area contributed by atoms with Crippen molar-refractivity contribution in [1.29, 1.82) is 0 Å². The number of anilines is 1. The third kappa shape index (κ3) is 2.61. The molecule has 0 radical (unpaired) electrons. The topological polar surface area (TPSA) is 89.8 Å². The molecule has 0 aromatic carbocycles. The van der Waals surface area contributed by atoms with Gasteiger partial charge in [-0.25, -0.2) is 9.37 Å². The molecule has 18 heavy (non-hydrogen) atoms. The van der Waals surface area contributed by atoms with Crippen LogP contribution in [-0.2, 0) is 6.42 Å². The number of nitrogens with two attached hydrogens (primary N) is 2. The third-order valence-corrected chi connectivity index (χ3v) is 2.73. The average molecular weight is 247 g/mol. The number of nitrogens with one attached hydrogen (secondary N) is 1. The Balaban J connectivity index is 2.26. The van der Waals surface area contributed by atoms with Gasteiger partial charge in [0.05, 0.1) is 12.2 Å². The van der Waals surface area contributed by atoms with E-state index in [4.69, 9.17) is 11.6 Å². The van der Waals surface area contributed by atoms with Crippen LogP contribution < -0.4 is 17.0 Å². The van der Waals surface area contributed by atoms with Crippen molar-refractivity contribution < 1.29 is 4.39 Å². The van der Waals surface area contributed by atoms with Gasteiger partial charge >= 0.3 is 0 Å². The Hall–Kier alpha value is -2.05. The van der Waals surface area contributed by atoms with Crippen LogP contribution in [0.1, 0.15) is 17.2 Å². The van der Waals surface area contributed by atoms with Crippen LogP contribution in [0.15, 0.2) is 36.8 Å². The summed E-state index contributed by atoms with van der Waals surface area (Å²) in [5.74, 6) is 5.50. The Morgan fingerprint density at radius 2 is 2.17 bits per heavy atom. The fourth-order valence-electron chi connectivity index (χ4n) is 1.77. The van der Waals surface area contributed by atoms with E-state index in [1.807, 2.05) is 6.07 Å². The molecule has 2 aromatic rings. The summed E-state index contributed by atoms with van der Waals surface area (Å²) in [5, 5.41) is 0. The van der Waals surface area contributed by atoms with Gasteiger partial charge in [0, 0.05) is 18.0 Å². The Kier molecular flexibility index (Phi) is 3.81. The number of nitrogen functional groups attached to an aromatic ring is 1. The molecule has 6 heteroatoms. The first kappa shape index (κ1) is 12.4. The number of nitrogens with zero attached hydrogens (tertiary/aromatic N) is 2. The molecule has 1 atom stereocenters. The summed E-state index contributed by atoms with van der Waals surface area (Å²) in [4.78, 5) is 7.69. The van der Waals surface area contributed by atoms with Gasteiger partial charge in [0.1, 0.15) is 11.6 Å². The minimum absolute atomic E-state index is 0.375. The van der Waals surface area contributed by atoms with Crippen LogP contribution >= 0.6 is 0 Å². The average Bonchev–Trinajstić information content (AvgIpc) is 2.39. The number of rotatable bonds is 4. The number of hydrazine groups is 1. The molecule has 0 aliphatic carbocycles. The molecular formula is C12H14FN5. The van der Waals surface area contributed by atoms with Crippen LogP contribution in [-0.4, -0.2) is 9.97 Å². The highest BCUT2D eigenvalue weighted by Gasteiger charge is 2.16. The minimum atomic E-state index is -0.400. The van der Waals surface area contributed by atoms with Gasteiger partial charge in [0.25, 0.3) is 0 Å². The van der Waals surface area contributed by atoms with Crippen molar-refractivity contribution in [2.24, 2.45) is 5.84 Å². The number of halogens is 1. The maximum Gasteiger partial charge on any atom is 0.146 e. The van der Waals surface area contributed by atoms with Crippen molar-refractivity contribution in [1.82, 2.24) is 15.4 Å². The van der Waals surface area contributed by atoms with Gasteiger partial charge in [0.2, 0.25) is 0 Å². The highest BCUT2D eigenvalue weighted by atomic mass is 19.1. The molecule has 0 bridgehead atoms. The molecule has 0 saturated carbocycles. The quantitative estimate of drug-likeness (QED) is 0.552. The first-order valence-electron chi connectivity index (χ1n) is 5.47. The fraction of sp³-hybridized carbons (Fsp3) is 0.167. The van der Waals surface area contributed by atoms with Crippen molar-refractivity contribution in [3.05, 3.63) is 53.7 Å². The van der Waals surface area contributed by atoms with E-state index in [9.17, 15) is 4.39 Å². The lowest BCUT2D eigenvalue weighted by Crippen LogP contribution is -2.30. The van der Waals surface area contributed by atoms with Crippen LogP contribution in [0.3, 0.4) is 0 Å². The molecular weight excluding hydrogens is 233 g/mol. The Bertz CT molecular complexity index is 531. The second kappa shape index (κ2) is 5.52. The van der Waals surface area contributed by atoms with Crippen molar-refractivity contribution in [2.45, 2.75) is 12.5 Å². The molecule has 5 nitrogen and oxygen atoms in total. The molecule has 2 heterocycles. The monoisotopic (exact) mass is 247 g/mol. The summed E-state index contributed by atoms with van der Waals surface area (Å²) in [6.07, 6.45) is 4.75. The second-order valence-electron chi connectivity index (χ2n) is 3.87. The molecule has 0 saturated heterocycles. The molecule has 5 N–H and O–H groups in total. The van der Waals surface area contributed by atoms with E-state index in [1.165, 1.54) is 6.20 Å². The van der Waals surface area contributed by atoms with Crippen LogP contribution in [0.5, 0.6) is 0 Å². The lowest BCUT2D eigenvalue weighted by atomic mass is 10.0. The summed E-state index contributed by atoms with van der Waals surface area (Å²) in [6, 6.07) is 4.83. The zero-order chi connectivity index (χ0) is 13.0. The van der Waals surface area contributed by atoms with Crippen molar-refractivity contribution >= 4 is 5.82 Å². The third-order valence-electron chi connectivity index (χ3n) is 2.73. The van der Waals surface area contributed by atoms with E-state index in [1.54, 1.807) is 18.3 Å². The van der Waals surface area contributed by atoms with Gasteiger partial charge in [-0.2, -0.15) is 0 Å². The van der Waals surface area contributed by atoms with E-state index in [-0.39, 0.29) is 6.04 Å². The molecule has 0 amide bonds. The lowest BCUT2D eigenvalue weighted by Gasteiger charge is -2.17. The van der Waals surface area contributed by atoms with Crippen molar-refractivity contribution in [3.63, 3.8) is 0 Å². The maximum atomic E-state index is 13.6. The van der Waals surface area contributed by atoms with Gasteiger partial charge in [-0.3, -0.25) is 16.3 Å². The smallest absolute Gasteiger partial charge is 0.146 e. The van der Waals surface area contributed by atoms with Gasteiger partial charge < -0.3 is 5.73 Å². The Morgan fingerprint density at radius 1 is 1.33 bits per heavy atom. The highest BCUT2D eigenvalue weighted by Crippen LogP contribution is 2.21. The predicted octanol–water partition coefficient (Wildman–Crippen LogP) is 0.945. The van der Waals surface area contributed by atoms with Crippen LogP contribution in [0.4, 0.5) is 10.2 Å². The zero-order valence-corrected chi connectivity index (χ0v) is 9.68. The second-order valence-corrected chi connectivity index (χ2v) is 3.87. The number of hydrogen-bond acceptors (Lipinski definition) is 5. The first-order chi connectivity index (χ1) is 8.72. The minimum Gasteiger partial charge on any atom is -0.383 e. The van der Waals surface area contributed by atoms with E-state index >= 15 is 0 Å². The van der Waals surface area contributed by atoms with Crippen molar-refractivity contribution in [2.75, 3.05) is 5.73 Å².